The van der Waals surface area contributed by atoms with Crippen molar-refractivity contribution in [2.24, 2.45) is 5.73 Å². The van der Waals surface area contributed by atoms with Gasteiger partial charge in [-0.15, -0.1) is 0 Å². The minimum atomic E-state index is -4.45. The summed E-state index contributed by atoms with van der Waals surface area (Å²) in [6, 6.07) is 9.66. The normalized spacial score (nSPS) is 12.0. The number of H-pyrrole nitrogens is 1. The second-order valence-electron chi connectivity index (χ2n) is 6.09. The third kappa shape index (κ3) is 4.52. The van der Waals surface area contributed by atoms with Crippen LogP contribution in [-0.4, -0.2) is 10.9 Å². The number of alkyl halides is 3. The molecule has 0 fully saturated rings. The second-order valence-corrected chi connectivity index (χ2v) is 6.50. The van der Waals surface area contributed by atoms with Crippen LogP contribution in [0, 0.1) is 11.3 Å². The summed E-state index contributed by atoms with van der Waals surface area (Å²) in [7, 11) is 0. The second kappa shape index (κ2) is 7.89. The molecule has 0 aliphatic rings. The van der Waals surface area contributed by atoms with E-state index in [-0.39, 0.29) is 23.0 Å². The summed E-state index contributed by atoms with van der Waals surface area (Å²) in [6.07, 6.45) is -1.55. The van der Waals surface area contributed by atoms with Crippen molar-refractivity contribution in [1.29, 1.82) is 5.26 Å². The summed E-state index contributed by atoms with van der Waals surface area (Å²) in [6.45, 7) is -0.129. The van der Waals surface area contributed by atoms with E-state index in [9.17, 15) is 18.0 Å². The third-order valence-corrected chi connectivity index (χ3v) is 4.40. The Morgan fingerprint density at radius 1 is 1.31 bits per heavy atom. The van der Waals surface area contributed by atoms with Crippen LogP contribution in [0.25, 0.3) is 17.0 Å². The van der Waals surface area contributed by atoms with E-state index in [1.807, 2.05) is 0 Å². The van der Waals surface area contributed by atoms with Crippen molar-refractivity contribution in [1.82, 2.24) is 4.98 Å². The van der Waals surface area contributed by atoms with E-state index < -0.39 is 17.6 Å². The van der Waals surface area contributed by atoms with Crippen LogP contribution in [0.15, 0.2) is 48.2 Å². The van der Waals surface area contributed by atoms with Gasteiger partial charge in [0, 0.05) is 22.7 Å². The molecule has 1 amide bonds. The summed E-state index contributed by atoms with van der Waals surface area (Å²) >= 11 is 6.20. The number of aromatic amines is 1. The van der Waals surface area contributed by atoms with Gasteiger partial charge in [0.2, 0.25) is 0 Å². The number of nitrogens with zero attached hydrogens (tertiary/aromatic N) is 1. The lowest BCUT2D eigenvalue weighted by Crippen LogP contribution is -2.12. The lowest BCUT2D eigenvalue weighted by molar-refractivity contribution is -0.137. The first-order chi connectivity index (χ1) is 13.7. The number of halogens is 4. The molecule has 3 N–H and O–H groups in total. The molecule has 0 atom stereocenters. The van der Waals surface area contributed by atoms with Gasteiger partial charge in [-0.3, -0.25) is 4.79 Å². The van der Waals surface area contributed by atoms with Gasteiger partial charge in [-0.05, 0) is 35.9 Å². The molecular formula is C20H13ClF3N3O2. The van der Waals surface area contributed by atoms with Crippen LogP contribution >= 0.6 is 11.6 Å². The lowest BCUT2D eigenvalue weighted by Gasteiger charge is -2.11. The Morgan fingerprint density at radius 2 is 2.07 bits per heavy atom. The first-order valence-electron chi connectivity index (χ1n) is 8.20. The zero-order valence-electron chi connectivity index (χ0n) is 14.7. The fourth-order valence-corrected chi connectivity index (χ4v) is 2.91. The number of primary amides is 1. The van der Waals surface area contributed by atoms with E-state index in [0.29, 0.717) is 22.0 Å². The number of rotatable bonds is 5. The number of ether oxygens (including phenoxy) is 1. The number of nitrogens with one attached hydrogen (secondary N) is 1. The van der Waals surface area contributed by atoms with E-state index in [2.05, 4.69) is 4.98 Å². The number of nitrogens with two attached hydrogens (primary N) is 1. The SMILES string of the molecule is N#C/C(=C\c1c[nH]c2cc(Cl)c(OCc3cccc(C(F)(F)F)c3)cc12)C(N)=O. The maximum atomic E-state index is 12.8. The highest BCUT2D eigenvalue weighted by molar-refractivity contribution is 6.32. The summed E-state index contributed by atoms with van der Waals surface area (Å²) in [5.74, 6) is -0.625. The maximum Gasteiger partial charge on any atom is 0.416 e. The molecule has 9 heteroatoms. The number of hydrogen-bond donors (Lipinski definition) is 2. The number of hydrogen-bond acceptors (Lipinski definition) is 3. The fourth-order valence-electron chi connectivity index (χ4n) is 2.69. The molecule has 5 nitrogen and oxygen atoms in total. The Labute approximate surface area is 168 Å². The smallest absolute Gasteiger partial charge is 0.416 e. The molecule has 3 rings (SSSR count). The van der Waals surface area contributed by atoms with Crippen LogP contribution in [0.5, 0.6) is 5.75 Å². The Balaban J connectivity index is 1.91. The van der Waals surface area contributed by atoms with Gasteiger partial charge in [-0.25, -0.2) is 0 Å². The Bertz CT molecular complexity index is 1160. The number of carbonyl (C=O) groups is 1. The van der Waals surface area contributed by atoms with Gasteiger partial charge in [0.05, 0.1) is 10.6 Å². The Kier molecular flexibility index (Phi) is 5.52. The molecular weight excluding hydrogens is 407 g/mol. The van der Waals surface area contributed by atoms with E-state index in [1.54, 1.807) is 24.4 Å². The van der Waals surface area contributed by atoms with Gasteiger partial charge in [0.25, 0.3) is 5.91 Å². The van der Waals surface area contributed by atoms with Crippen molar-refractivity contribution < 1.29 is 22.7 Å². The molecule has 1 aromatic heterocycles. The minimum absolute atomic E-state index is 0.129. The number of carbonyl (C=O) groups excluding carboxylic acids is 1. The lowest BCUT2D eigenvalue weighted by atomic mass is 10.1. The van der Waals surface area contributed by atoms with Crippen LogP contribution in [-0.2, 0) is 17.6 Å². The average molecular weight is 420 g/mol. The van der Waals surface area contributed by atoms with Gasteiger partial charge in [0.1, 0.15) is 24.0 Å². The van der Waals surface area contributed by atoms with Crippen molar-refractivity contribution in [2.45, 2.75) is 12.8 Å². The minimum Gasteiger partial charge on any atom is -0.487 e. The average Bonchev–Trinajstić information content (AvgIpc) is 3.04. The van der Waals surface area contributed by atoms with Crippen molar-refractivity contribution in [2.75, 3.05) is 0 Å². The number of aromatic nitrogens is 1. The molecule has 1 heterocycles. The monoisotopic (exact) mass is 419 g/mol. The van der Waals surface area contributed by atoms with Gasteiger partial charge < -0.3 is 15.5 Å². The molecule has 0 aliphatic heterocycles. The maximum absolute atomic E-state index is 12.8. The van der Waals surface area contributed by atoms with Crippen molar-refractivity contribution >= 4 is 34.5 Å². The zero-order chi connectivity index (χ0) is 21.2. The molecule has 0 saturated heterocycles. The predicted molar refractivity (Wildman–Crippen MR) is 102 cm³/mol. The molecule has 29 heavy (non-hydrogen) atoms. The van der Waals surface area contributed by atoms with Crippen LogP contribution in [0.1, 0.15) is 16.7 Å². The summed E-state index contributed by atoms with van der Waals surface area (Å²) in [4.78, 5) is 14.2. The van der Waals surface area contributed by atoms with Crippen molar-refractivity contribution in [3.05, 3.63) is 69.9 Å². The first-order valence-corrected chi connectivity index (χ1v) is 8.58. The molecule has 0 saturated carbocycles. The van der Waals surface area contributed by atoms with Crippen LogP contribution in [0.2, 0.25) is 5.02 Å². The van der Waals surface area contributed by atoms with Crippen LogP contribution in [0.3, 0.4) is 0 Å². The molecule has 2 aromatic carbocycles. The topological polar surface area (TPSA) is 91.9 Å². The van der Waals surface area contributed by atoms with Crippen molar-refractivity contribution in [3.8, 4) is 11.8 Å². The van der Waals surface area contributed by atoms with Crippen LogP contribution in [0.4, 0.5) is 13.2 Å². The molecule has 148 valence electrons. The third-order valence-electron chi connectivity index (χ3n) is 4.10. The highest BCUT2D eigenvalue weighted by atomic mass is 35.5. The quantitative estimate of drug-likeness (QED) is 0.459. The molecule has 0 spiro atoms. The molecule has 0 aliphatic carbocycles. The highest BCUT2D eigenvalue weighted by Gasteiger charge is 2.30. The Hall–Kier alpha value is -3.44. The van der Waals surface area contributed by atoms with Gasteiger partial charge >= 0.3 is 6.18 Å². The highest BCUT2D eigenvalue weighted by Crippen LogP contribution is 2.34. The first kappa shape index (κ1) is 20.3. The summed E-state index contributed by atoms with van der Waals surface area (Å²) < 4.78 is 44.1. The molecule has 0 unspecified atom stereocenters. The largest absolute Gasteiger partial charge is 0.487 e. The fraction of sp³-hybridized carbons (Fsp3) is 0.100. The van der Waals surface area contributed by atoms with E-state index in [0.717, 1.165) is 12.1 Å². The van der Waals surface area contributed by atoms with Gasteiger partial charge in [-0.1, -0.05) is 23.7 Å². The molecule has 3 aromatic rings. The number of fused-ring (bicyclic) bond motifs is 1. The standard InChI is InChI=1S/C20H13ClF3N3O2/c21-16-7-17-15(13(9-27-17)5-12(8-25)19(26)28)6-18(16)29-10-11-2-1-3-14(4-11)20(22,23)24/h1-7,9,27H,10H2,(H2,26,28)/b12-5+. The van der Waals surface area contributed by atoms with E-state index in [4.69, 9.17) is 27.3 Å². The zero-order valence-corrected chi connectivity index (χ0v) is 15.4. The van der Waals surface area contributed by atoms with E-state index >= 15 is 0 Å². The number of benzene rings is 2. The van der Waals surface area contributed by atoms with Gasteiger partial charge in [-0.2, -0.15) is 18.4 Å². The van der Waals surface area contributed by atoms with Crippen LogP contribution < -0.4 is 10.5 Å². The Morgan fingerprint density at radius 3 is 2.72 bits per heavy atom. The summed E-state index contributed by atoms with van der Waals surface area (Å²) in [5, 5.41) is 9.85. The molecule has 0 radical (unpaired) electrons. The number of amides is 1. The van der Waals surface area contributed by atoms with E-state index in [1.165, 1.54) is 18.2 Å². The summed E-state index contributed by atoms with van der Waals surface area (Å²) in [5.41, 5.74) is 5.61. The van der Waals surface area contributed by atoms with Gasteiger partial charge in [0.15, 0.2) is 0 Å². The molecule has 0 bridgehead atoms. The predicted octanol–water partition coefficient (Wildman–Crippen LogP) is 4.81. The number of nitriles is 1. The van der Waals surface area contributed by atoms with Crippen molar-refractivity contribution in [3.63, 3.8) is 0 Å².